The van der Waals surface area contributed by atoms with Gasteiger partial charge in [0.15, 0.2) is 5.78 Å². The molecule has 0 amide bonds. The van der Waals surface area contributed by atoms with Gasteiger partial charge in [-0.15, -0.1) is 0 Å². The molecule has 1 rings (SSSR count). The molecule has 0 saturated heterocycles. The van der Waals surface area contributed by atoms with Crippen LogP contribution < -0.4 is 11.5 Å². The molecule has 5 heteroatoms. The van der Waals surface area contributed by atoms with Gasteiger partial charge >= 0.3 is 5.97 Å². The summed E-state index contributed by atoms with van der Waals surface area (Å²) in [5, 5.41) is 8.56. The van der Waals surface area contributed by atoms with Crippen LogP contribution in [-0.2, 0) is 4.79 Å². The van der Waals surface area contributed by atoms with Crippen LogP contribution in [0.25, 0.3) is 0 Å². The number of para-hydroxylation sites is 1. The number of carbonyl (C=O) groups is 2. The second kappa shape index (κ2) is 5.27. The first-order chi connectivity index (χ1) is 7.52. The predicted octanol–water partition coefficient (Wildman–Crippen LogP) is 0.644. The first kappa shape index (κ1) is 12.2. The number of carbonyl (C=O) groups excluding carboxylic acids is 1. The summed E-state index contributed by atoms with van der Waals surface area (Å²) in [5.41, 5.74) is 11.7. The molecule has 5 nitrogen and oxygen atoms in total. The molecular formula is C11H14N2O3. The molecule has 1 atom stereocenters. The Morgan fingerprint density at radius 3 is 2.50 bits per heavy atom. The lowest BCUT2D eigenvalue weighted by molar-refractivity contribution is -0.138. The Balaban J connectivity index is 2.60. The highest BCUT2D eigenvalue weighted by atomic mass is 16.4. The van der Waals surface area contributed by atoms with Gasteiger partial charge in [0.05, 0.1) is 0 Å². The molecule has 16 heavy (non-hydrogen) atoms. The van der Waals surface area contributed by atoms with Gasteiger partial charge in [-0.05, 0) is 18.6 Å². The highest BCUT2D eigenvalue weighted by Crippen LogP contribution is 2.14. The molecule has 0 spiro atoms. The fourth-order valence-electron chi connectivity index (χ4n) is 1.30. The van der Waals surface area contributed by atoms with E-state index in [2.05, 4.69) is 0 Å². The van der Waals surface area contributed by atoms with Gasteiger partial charge in [-0.1, -0.05) is 12.1 Å². The molecule has 0 aliphatic carbocycles. The van der Waals surface area contributed by atoms with Gasteiger partial charge in [-0.25, -0.2) is 0 Å². The number of carboxylic acid groups (broad SMARTS) is 1. The van der Waals surface area contributed by atoms with Crippen molar-refractivity contribution >= 4 is 17.4 Å². The van der Waals surface area contributed by atoms with Crippen LogP contribution >= 0.6 is 0 Å². The highest BCUT2D eigenvalue weighted by Gasteiger charge is 2.15. The van der Waals surface area contributed by atoms with Gasteiger partial charge in [0, 0.05) is 17.7 Å². The first-order valence-electron chi connectivity index (χ1n) is 4.88. The normalized spacial score (nSPS) is 12.1. The van der Waals surface area contributed by atoms with Gasteiger partial charge in [0.25, 0.3) is 0 Å². The molecule has 0 fully saturated rings. The zero-order valence-electron chi connectivity index (χ0n) is 8.72. The number of aliphatic carboxylic acids is 1. The van der Waals surface area contributed by atoms with Crippen molar-refractivity contribution in [3.05, 3.63) is 29.8 Å². The molecule has 86 valence electrons. The molecule has 1 aromatic rings. The van der Waals surface area contributed by atoms with E-state index in [1.54, 1.807) is 24.3 Å². The Morgan fingerprint density at radius 2 is 1.94 bits per heavy atom. The predicted molar refractivity (Wildman–Crippen MR) is 60.0 cm³/mol. The lowest BCUT2D eigenvalue weighted by atomic mass is 10.0. The molecule has 0 aliphatic heterocycles. The Labute approximate surface area is 93.1 Å². The Kier molecular flexibility index (Phi) is 4.02. The van der Waals surface area contributed by atoms with Crippen molar-refractivity contribution in [1.82, 2.24) is 0 Å². The van der Waals surface area contributed by atoms with Gasteiger partial charge in [-0.3, -0.25) is 9.59 Å². The van der Waals surface area contributed by atoms with Gasteiger partial charge in [0.1, 0.15) is 6.04 Å². The molecule has 1 unspecified atom stereocenters. The summed E-state index contributed by atoms with van der Waals surface area (Å²) < 4.78 is 0. The van der Waals surface area contributed by atoms with Crippen molar-refractivity contribution in [2.75, 3.05) is 5.73 Å². The Morgan fingerprint density at radius 1 is 1.31 bits per heavy atom. The van der Waals surface area contributed by atoms with E-state index in [1.165, 1.54) is 0 Å². The molecule has 5 N–H and O–H groups in total. The van der Waals surface area contributed by atoms with Crippen molar-refractivity contribution in [1.29, 1.82) is 0 Å². The molecule has 0 radical (unpaired) electrons. The summed E-state index contributed by atoms with van der Waals surface area (Å²) >= 11 is 0. The van der Waals surface area contributed by atoms with E-state index in [9.17, 15) is 9.59 Å². The number of hydrogen-bond acceptors (Lipinski definition) is 4. The minimum Gasteiger partial charge on any atom is -0.480 e. The van der Waals surface area contributed by atoms with Crippen LogP contribution in [0.3, 0.4) is 0 Å². The SMILES string of the molecule is Nc1ccccc1C(=O)CCC(N)C(=O)O. The fourth-order valence-corrected chi connectivity index (χ4v) is 1.30. The molecule has 1 aromatic carbocycles. The van der Waals surface area contributed by atoms with E-state index in [0.717, 1.165) is 0 Å². The maximum absolute atomic E-state index is 11.7. The summed E-state index contributed by atoms with van der Waals surface area (Å²) in [6, 6.07) is 5.68. The lowest BCUT2D eigenvalue weighted by Gasteiger charge is -2.06. The number of anilines is 1. The van der Waals surface area contributed by atoms with Crippen LogP contribution in [0.1, 0.15) is 23.2 Å². The second-order valence-corrected chi connectivity index (χ2v) is 3.49. The van der Waals surface area contributed by atoms with Crippen LogP contribution in [0.2, 0.25) is 0 Å². The smallest absolute Gasteiger partial charge is 0.320 e. The average molecular weight is 222 g/mol. The van der Waals surface area contributed by atoms with Gasteiger partial charge < -0.3 is 16.6 Å². The van der Waals surface area contributed by atoms with Crippen molar-refractivity contribution in [3.8, 4) is 0 Å². The number of nitrogens with two attached hydrogens (primary N) is 2. The van der Waals surface area contributed by atoms with E-state index in [1.807, 2.05) is 0 Å². The van der Waals surface area contributed by atoms with Crippen molar-refractivity contribution in [2.24, 2.45) is 5.73 Å². The number of benzene rings is 1. The van der Waals surface area contributed by atoms with E-state index in [4.69, 9.17) is 16.6 Å². The average Bonchev–Trinajstić information content (AvgIpc) is 2.25. The topological polar surface area (TPSA) is 106 Å². The Bertz CT molecular complexity index is 404. The van der Waals surface area contributed by atoms with E-state index in [0.29, 0.717) is 11.3 Å². The van der Waals surface area contributed by atoms with Crippen molar-refractivity contribution < 1.29 is 14.7 Å². The fraction of sp³-hybridized carbons (Fsp3) is 0.273. The summed E-state index contributed by atoms with van der Waals surface area (Å²) in [6.45, 7) is 0. The van der Waals surface area contributed by atoms with Crippen LogP contribution in [0.4, 0.5) is 5.69 Å². The number of nitrogen functional groups attached to an aromatic ring is 1. The van der Waals surface area contributed by atoms with Crippen LogP contribution in [0.15, 0.2) is 24.3 Å². The summed E-state index contributed by atoms with van der Waals surface area (Å²) in [7, 11) is 0. The molecule has 0 bridgehead atoms. The molecular weight excluding hydrogens is 208 g/mol. The van der Waals surface area contributed by atoms with E-state index >= 15 is 0 Å². The second-order valence-electron chi connectivity index (χ2n) is 3.49. The van der Waals surface area contributed by atoms with E-state index in [-0.39, 0.29) is 18.6 Å². The maximum Gasteiger partial charge on any atom is 0.320 e. The summed E-state index contributed by atoms with van der Waals surface area (Å²) in [4.78, 5) is 22.1. The zero-order valence-corrected chi connectivity index (χ0v) is 8.72. The minimum atomic E-state index is -1.10. The number of carboxylic acids is 1. The summed E-state index contributed by atoms with van der Waals surface area (Å²) in [6.07, 6.45) is 0.199. The van der Waals surface area contributed by atoms with Crippen LogP contribution in [0, 0.1) is 0 Å². The largest absolute Gasteiger partial charge is 0.480 e. The van der Waals surface area contributed by atoms with Crippen molar-refractivity contribution in [3.63, 3.8) is 0 Å². The molecule has 0 aliphatic rings. The quantitative estimate of drug-likeness (QED) is 0.500. The monoisotopic (exact) mass is 222 g/mol. The third-order valence-corrected chi connectivity index (χ3v) is 2.26. The van der Waals surface area contributed by atoms with E-state index < -0.39 is 12.0 Å². The molecule has 0 heterocycles. The molecule has 0 aromatic heterocycles. The zero-order chi connectivity index (χ0) is 12.1. The third-order valence-electron chi connectivity index (χ3n) is 2.26. The first-order valence-corrected chi connectivity index (χ1v) is 4.88. The number of ketones is 1. The van der Waals surface area contributed by atoms with Crippen molar-refractivity contribution in [2.45, 2.75) is 18.9 Å². The highest BCUT2D eigenvalue weighted by molar-refractivity contribution is 6.00. The maximum atomic E-state index is 11.7. The number of hydrogen-bond donors (Lipinski definition) is 3. The number of rotatable bonds is 5. The van der Waals surface area contributed by atoms with Crippen LogP contribution in [-0.4, -0.2) is 22.9 Å². The lowest BCUT2D eigenvalue weighted by Crippen LogP contribution is -2.30. The standard InChI is InChI=1S/C11H14N2O3/c12-8-4-2-1-3-7(8)10(14)6-5-9(13)11(15)16/h1-4,9H,5-6,12-13H2,(H,15,16). The summed E-state index contributed by atoms with van der Waals surface area (Å²) in [5.74, 6) is -1.29. The third kappa shape index (κ3) is 3.06. The number of Topliss-reactive ketones (excluding diaryl/α,β-unsaturated/α-hetero) is 1. The molecule has 0 saturated carbocycles. The minimum absolute atomic E-state index is 0.0850. The van der Waals surface area contributed by atoms with Gasteiger partial charge in [-0.2, -0.15) is 0 Å². The Hall–Kier alpha value is -1.88. The van der Waals surface area contributed by atoms with Crippen LogP contribution in [0.5, 0.6) is 0 Å². The van der Waals surface area contributed by atoms with Gasteiger partial charge in [0.2, 0.25) is 0 Å².